The normalized spacial score (nSPS) is 14.9. The van der Waals surface area contributed by atoms with Gasteiger partial charge in [0, 0.05) is 51.5 Å². The highest BCUT2D eigenvalue weighted by atomic mass is 32.1. The van der Waals surface area contributed by atoms with Gasteiger partial charge in [-0.15, -0.1) is 10.2 Å². The van der Waals surface area contributed by atoms with Gasteiger partial charge >= 0.3 is 0 Å². The molecule has 0 unspecified atom stereocenters. The molecule has 2 heterocycles. The highest BCUT2D eigenvalue weighted by molar-refractivity contribution is 7.15. The lowest BCUT2D eigenvalue weighted by atomic mass is 10.1. The van der Waals surface area contributed by atoms with Crippen LogP contribution in [0.3, 0.4) is 0 Å². The Morgan fingerprint density at radius 1 is 1.17 bits per heavy atom. The molecule has 0 saturated carbocycles. The molecule has 1 fully saturated rings. The number of rotatable bonds is 3. The van der Waals surface area contributed by atoms with Gasteiger partial charge < -0.3 is 14.7 Å². The molecular weight excluding hydrogens is 310 g/mol. The quantitative estimate of drug-likeness (QED) is 0.859. The molecule has 1 aliphatic rings. The van der Waals surface area contributed by atoms with Crippen molar-refractivity contribution < 1.29 is 4.79 Å². The van der Waals surface area contributed by atoms with Crippen molar-refractivity contribution in [3.63, 3.8) is 0 Å². The summed E-state index contributed by atoms with van der Waals surface area (Å²) in [5.41, 5.74) is 1.79. The van der Waals surface area contributed by atoms with Gasteiger partial charge in [-0.25, -0.2) is 0 Å². The second kappa shape index (κ2) is 6.54. The van der Waals surface area contributed by atoms with E-state index < -0.39 is 0 Å². The van der Waals surface area contributed by atoms with E-state index in [9.17, 15) is 4.79 Å². The number of amides is 1. The number of benzene rings is 1. The molecule has 122 valence electrons. The van der Waals surface area contributed by atoms with E-state index in [4.69, 9.17) is 0 Å². The summed E-state index contributed by atoms with van der Waals surface area (Å²) in [4.78, 5) is 18.8. The maximum atomic E-state index is 12.7. The molecular formula is C16H21N5OS. The van der Waals surface area contributed by atoms with E-state index in [2.05, 4.69) is 15.1 Å². The Hall–Kier alpha value is -2.15. The van der Waals surface area contributed by atoms with Crippen molar-refractivity contribution in [1.82, 2.24) is 15.1 Å². The molecule has 0 spiro atoms. The third-order valence-electron chi connectivity index (χ3n) is 3.96. The van der Waals surface area contributed by atoms with Crippen LogP contribution in [0.1, 0.15) is 15.4 Å². The van der Waals surface area contributed by atoms with E-state index >= 15 is 0 Å². The maximum absolute atomic E-state index is 12.7. The molecule has 23 heavy (non-hydrogen) atoms. The molecule has 1 saturated heterocycles. The largest absolute Gasteiger partial charge is 0.378 e. The summed E-state index contributed by atoms with van der Waals surface area (Å²) >= 11 is 1.60. The van der Waals surface area contributed by atoms with Gasteiger partial charge in [-0.05, 0) is 25.1 Å². The minimum Gasteiger partial charge on any atom is -0.378 e. The lowest BCUT2D eigenvalue weighted by Crippen LogP contribution is -2.48. The summed E-state index contributed by atoms with van der Waals surface area (Å²) in [5.74, 6) is 0.0989. The Morgan fingerprint density at radius 2 is 1.91 bits per heavy atom. The van der Waals surface area contributed by atoms with Crippen LogP contribution in [0.2, 0.25) is 0 Å². The Morgan fingerprint density at radius 3 is 2.52 bits per heavy atom. The Kier molecular flexibility index (Phi) is 4.47. The molecule has 0 N–H and O–H groups in total. The van der Waals surface area contributed by atoms with E-state index in [1.165, 1.54) is 0 Å². The molecule has 6 nitrogen and oxygen atoms in total. The molecule has 1 aromatic carbocycles. The first-order valence-corrected chi connectivity index (χ1v) is 8.48. The fourth-order valence-corrected chi connectivity index (χ4v) is 3.35. The summed E-state index contributed by atoms with van der Waals surface area (Å²) in [6.45, 7) is 4.98. The summed E-state index contributed by atoms with van der Waals surface area (Å²) in [6.07, 6.45) is 0. The van der Waals surface area contributed by atoms with Crippen LogP contribution in [0, 0.1) is 6.92 Å². The van der Waals surface area contributed by atoms with Gasteiger partial charge in [0.15, 0.2) is 0 Å². The van der Waals surface area contributed by atoms with Gasteiger partial charge in [-0.3, -0.25) is 4.79 Å². The molecule has 0 radical (unpaired) electrons. The SMILES string of the molecule is Cc1nnc(N2CCN(C(=O)c3cccc(N(C)C)c3)CC2)s1. The number of carbonyl (C=O) groups is 1. The van der Waals surface area contributed by atoms with Crippen LogP contribution in [0.5, 0.6) is 0 Å². The van der Waals surface area contributed by atoms with Crippen LogP contribution in [0.4, 0.5) is 10.8 Å². The van der Waals surface area contributed by atoms with Gasteiger partial charge in [0.2, 0.25) is 5.13 Å². The second-order valence-corrected chi connectivity index (χ2v) is 6.99. The predicted octanol–water partition coefficient (Wildman–Crippen LogP) is 1.87. The number of aryl methyl sites for hydroxylation is 1. The van der Waals surface area contributed by atoms with Crippen molar-refractivity contribution in [2.75, 3.05) is 50.1 Å². The van der Waals surface area contributed by atoms with E-state index in [1.807, 2.05) is 55.1 Å². The number of piperazine rings is 1. The molecule has 1 aromatic heterocycles. The Bertz CT molecular complexity index is 691. The molecule has 1 aliphatic heterocycles. The minimum absolute atomic E-state index is 0.0989. The third kappa shape index (κ3) is 3.44. The van der Waals surface area contributed by atoms with Crippen LogP contribution >= 0.6 is 11.3 Å². The van der Waals surface area contributed by atoms with Crippen molar-refractivity contribution >= 4 is 28.1 Å². The smallest absolute Gasteiger partial charge is 0.254 e. The van der Waals surface area contributed by atoms with E-state index in [0.29, 0.717) is 13.1 Å². The number of carbonyl (C=O) groups excluding carboxylic acids is 1. The first-order valence-electron chi connectivity index (χ1n) is 7.66. The third-order valence-corrected chi connectivity index (χ3v) is 4.86. The first kappa shape index (κ1) is 15.7. The van der Waals surface area contributed by atoms with Gasteiger partial charge in [-0.1, -0.05) is 17.4 Å². The average molecular weight is 331 g/mol. The molecule has 0 atom stereocenters. The number of nitrogens with zero attached hydrogens (tertiary/aromatic N) is 5. The van der Waals surface area contributed by atoms with Gasteiger partial charge in [-0.2, -0.15) is 0 Å². The minimum atomic E-state index is 0.0989. The predicted molar refractivity (Wildman–Crippen MR) is 93.5 cm³/mol. The first-order chi connectivity index (χ1) is 11.0. The van der Waals surface area contributed by atoms with Crippen molar-refractivity contribution in [2.24, 2.45) is 0 Å². The van der Waals surface area contributed by atoms with Gasteiger partial charge in [0.1, 0.15) is 5.01 Å². The maximum Gasteiger partial charge on any atom is 0.254 e. The molecule has 0 bridgehead atoms. The molecule has 1 amide bonds. The standard InChI is InChI=1S/C16H21N5OS/c1-12-17-18-16(23-12)21-9-7-20(8-10-21)15(22)13-5-4-6-14(11-13)19(2)3/h4-6,11H,7-10H2,1-3H3. The zero-order valence-electron chi connectivity index (χ0n) is 13.7. The Labute approximate surface area is 140 Å². The number of hydrogen-bond acceptors (Lipinski definition) is 6. The zero-order valence-corrected chi connectivity index (χ0v) is 14.5. The van der Waals surface area contributed by atoms with Crippen LogP contribution in [-0.2, 0) is 0 Å². The molecule has 3 rings (SSSR count). The lowest BCUT2D eigenvalue weighted by molar-refractivity contribution is 0.0747. The molecule has 7 heteroatoms. The fourth-order valence-electron chi connectivity index (χ4n) is 2.61. The topological polar surface area (TPSA) is 52.6 Å². The Balaban J connectivity index is 1.65. The number of aromatic nitrogens is 2. The summed E-state index contributed by atoms with van der Waals surface area (Å²) in [5, 5.41) is 10.2. The van der Waals surface area contributed by atoms with Crippen LogP contribution in [0.25, 0.3) is 0 Å². The van der Waals surface area contributed by atoms with Crippen molar-refractivity contribution in [2.45, 2.75) is 6.92 Å². The van der Waals surface area contributed by atoms with E-state index in [-0.39, 0.29) is 5.91 Å². The molecule has 2 aromatic rings. The second-order valence-electron chi connectivity index (χ2n) is 5.83. The monoisotopic (exact) mass is 331 g/mol. The number of hydrogen-bond donors (Lipinski definition) is 0. The highest BCUT2D eigenvalue weighted by Crippen LogP contribution is 2.22. The lowest BCUT2D eigenvalue weighted by Gasteiger charge is -2.34. The van der Waals surface area contributed by atoms with Crippen LogP contribution < -0.4 is 9.80 Å². The highest BCUT2D eigenvalue weighted by Gasteiger charge is 2.24. The summed E-state index contributed by atoms with van der Waals surface area (Å²) in [7, 11) is 3.96. The number of anilines is 2. The van der Waals surface area contributed by atoms with Gasteiger partial charge in [0.05, 0.1) is 0 Å². The average Bonchev–Trinajstić information content (AvgIpc) is 3.01. The fraction of sp³-hybridized carbons (Fsp3) is 0.438. The van der Waals surface area contributed by atoms with Crippen molar-refractivity contribution in [3.8, 4) is 0 Å². The molecule has 0 aliphatic carbocycles. The zero-order chi connectivity index (χ0) is 16.4. The summed E-state index contributed by atoms with van der Waals surface area (Å²) < 4.78 is 0. The summed E-state index contributed by atoms with van der Waals surface area (Å²) in [6, 6.07) is 7.77. The van der Waals surface area contributed by atoms with Gasteiger partial charge in [0.25, 0.3) is 5.91 Å². The van der Waals surface area contributed by atoms with Crippen molar-refractivity contribution in [3.05, 3.63) is 34.8 Å². The van der Waals surface area contributed by atoms with E-state index in [1.54, 1.807) is 11.3 Å². The van der Waals surface area contributed by atoms with Crippen LogP contribution in [0.15, 0.2) is 24.3 Å². The van der Waals surface area contributed by atoms with E-state index in [0.717, 1.165) is 34.5 Å². The van der Waals surface area contributed by atoms with Crippen LogP contribution in [-0.4, -0.2) is 61.3 Å². The van der Waals surface area contributed by atoms with Crippen molar-refractivity contribution in [1.29, 1.82) is 0 Å².